The maximum absolute atomic E-state index is 12.3. The van der Waals surface area contributed by atoms with Crippen LogP contribution in [0.5, 0.6) is 5.75 Å². The summed E-state index contributed by atoms with van der Waals surface area (Å²) in [5.74, 6) is 0.275. The van der Waals surface area contributed by atoms with Crippen molar-refractivity contribution in [3.8, 4) is 5.75 Å². The van der Waals surface area contributed by atoms with Gasteiger partial charge in [0.05, 0.1) is 11.1 Å². The first kappa shape index (κ1) is 21.0. The highest BCUT2D eigenvalue weighted by Gasteiger charge is 2.26. The van der Waals surface area contributed by atoms with Crippen molar-refractivity contribution in [3.63, 3.8) is 0 Å². The molecule has 27 heavy (non-hydrogen) atoms. The maximum atomic E-state index is 12.3. The van der Waals surface area contributed by atoms with E-state index in [0.29, 0.717) is 0 Å². The van der Waals surface area contributed by atoms with Crippen LogP contribution in [-0.2, 0) is 20.9 Å². The van der Waals surface area contributed by atoms with E-state index in [9.17, 15) is 13.5 Å². The van der Waals surface area contributed by atoms with Crippen molar-refractivity contribution in [2.24, 2.45) is 5.10 Å². The largest absolute Gasteiger partial charge is 0.507 e. The van der Waals surface area contributed by atoms with Crippen LogP contribution in [0.2, 0.25) is 0 Å². The molecule has 2 aromatic carbocycles. The first-order valence-corrected chi connectivity index (χ1v) is 10.3. The Hall–Kier alpha value is -2.34. The fourth-order valence-corrected chi connectivity index (χ4v) is 3.51. The molecule has 0 aliphatic carbocycles. The molecule has 146 valence electrons. The number of hydrogen-bond acceptors (Lipinski definition) is 4. The molecule has 0 radical (unpaired) electrons. The lowest BCUT2D eigenvalue weighted by molar-refractivity contribution is 0.423. The minimum atomic E-state index is -3.71. The third-order valence-corrected chi connectivity index (χ3v) is 5.43. The Balaban J connectivity index is 2.40. The van der Waals surface area contributed by atoms with E-state index in [1.165, 1.54) is 18.3 Å². The minimum absolute atomic E-state index is 0.151. The quantitative estimate of drug-likeness (QED) is 0.605. The van der Waals surface area contributed by atoms with Crippen LogP contribution in [0.4, 0.5) is 0 Å². The van der Waals surface area contributed by atoms with Gasteiger partial charge in [-0.25, -0.2) is 4.83 Å². The molecule has 0 bridgehead atoms. The number of benzene rings is 2. The van der Waals surface area contributed by atoms with Crippen LogP contribution >= 0.6 is 0 Å². The lowest BCUT2D eigenvalue weighted by Gasteiger charge is -2.27. The average Bonchev–Trinajstić information content (AvgIpc) is 2.54. The van der Waals surface area contributed by atoms with Gasteiger partial charge in [-0.3, -0.25) is 0 Å². The smallest absolute Gasteiger partial charge is 0.276 e. The number of sulfonamides is 1. The third-order valence-electron chi connectivity index (χ3n) is 4.19. The van der Waals surface area contributed by atoms with Crippen LogP contribution in [0.15, 0.2) is 52.5 Å². The second-order valence-electron chi connectivity index (χ2n) is 8.63. The molecule has 0 atom stereocenters. The number of rotatable bonds is 4. The Labute approximate surface area is 162 Å². The van der Waals surface area contributed by atoms with E-state index in [1.54, 1.807) is 18.2 Å². The first-order chi connectivity index (χ1) is 12.3. The van der Waals surface area contributed by atoms with Gasteiger partial charge in [-0.1, -0.05) is 59.7 Å². The number of phenols is 1. The van der Waals surface area contributed by atoms with Crippen LogP contribution in [0.3, 0.4) is 0 Å². The zero-order chi connectivity index (χ0) is 20.5. The number of hydrogen-bond donors (Lipinski definition) is 2. The minimum Gasteiger partial charge on any atom is -0.507 e. The summed E-state index contributed by atoms with van der Waals surface area (Å²) >= 11 is 0. The summed E-state index contributed by atoms with van der Waals surface area (Å²) in [6, 6.07) is 11.8. The van der Waals surface area contributed by atoms with Gasteiger partial charge in [0.2, 0.25) is 0 Å². The molecule has 0 fully saturated rings. The fourth-order valence-electron chi connectivity index (χ4n) is 2.70. The van der Waals surface area contributed by atoms with Gasteiger partial charge in [-0.05, 0) is 40.7 Å². The highest BCUT2D eigenvalue weighted by Crippen LogP contribution is 2.39. The monoisotopic (exact) mass is 388 g/mol. The number of phenolic OH excluding ortho intramolecular Hbond substituents is 1. The molecule has 0 spiro atoms. The molecule has 0 aliphatic rings. The summed E-state index contributed by atoms with van der Waals surface area (Å²) < 4.78 is 24.5. The van der Waals surface area contributed by atoms with Gasteiger partial charge in [0, 0.05) is 11.1 Å². The van der Waals surface area contributed by atoms with Gasteiger partial charge in [-0.15, -0.1) is 0 Å². The van der Waals surface area contributed by atoms with Gasteiger partial charge in [-0.2, -0.15) is 13.5 Å². The lowest BCUT2D eigenvalue weighted by Crippen LogP contribution is -2.19. The summed E-state index contributed by atoms with van der Waals surface area (Å²) in [6.07, 6.45) is 1.46. The fraction of sp³-hybridized carbons (Fsp3) is 0.381. The molecule has 0 saturated carbocycles. The van der Waals surface area contributed by atoms with E-state index in [0.717, 1.165) is 16.7 Å². The molecule has 6 heteroatoms. The van der Waals surface area contributed by atoms with Gasteiger partial charge in [0.1, 0.15) is 5.75 Å². The molecule has 0 aliphatic heterocycles. The summed E-state index contributed by atoms with van der Waals surface area (Å²) in [4.78, 5) is 2.39. The van der Waals surface area contributed by atoms with E-state index in [-0.39, 0.29) is 21.5 Å². The molecule has 0 unspecified atom stereocenters. The van der Waals surface area contributed by atoms with Crippen LogP contribution in [0.1, 0.15) is 58.2 Å². The maximum Gasteiger partial charge on any atom is 0.276 e. The van der Waals surface area contributed by atoms with E-state index >= 15 is 0 Å². The first-order valence-electron chi connectivity index (χ1n) is 8.80. The van der Waals surface area contributed by atoms with Gasteiger partial charge < -0.3 is 5.11 Å². The Morgan fingerprint density at radius 3 is 1.85 bits per heavy atom. The normalized spacial score (nSPS) is 13.1. The van der Waals surface area contributed by atoms with Gasteiger partial charge in [0.15, 0.2) is 0 Å². The van der Waals surface area contributed by atoms with Crippen molar-refractivity contribution in [2.45, 2.75) is 57.3 Å². The van der Waals surface area contributed by atoms with E-state index in [2.05, 4.69) is 9.93 Å². The summed E-state index contributed by atoms with van der Waals surface area (Å²) in [5, 5.41) is 14.7. The summed E-state index contributed by atoms with van der Waals surface area (Å²) in [5.41, 5.74) is 1.78. The summed E-state index contributed by atoms with van der Waals surface area (Å²) in [7, 11) is -3.71. The van der Waals surface area contributed by atoms with E-state index in [1.807, 2.05) is 53.7 Å². The lowest BCUT2D eigenvalue weighted by atomic mass is 9.78. The van der Waals surface area contributed by atoms with Crippen molar-refractivity contribution in [1.82, 2.24) is 4.83 Å². The molecule has 0 amide bonds. The number of aromatic hydroxyl groups is 1. The second kappa shape index (κ2) is 7.35. The number of hydrazone groups is 1. The van der Waals surface area contributed by atoms with E-state index < -0.39 is 10.0 Å². The van der Waals surface area contributed by atoms with Crippen molar-refractivity contribution in [2.75, 3.05) is 0 Å². The zero-order valence-corrected chi connectivity index (χ0v) is 17.6. The van der Waals surface area contributed by atoms with Crippen LogP contribution in [0, 0.1) is 0 Å². The zero-order valence-electron chi connectivity index (χ0n) is 16.7. The SMILES string of the molecule is CC(C)(C)c1cc(/C=N\NS(=O)(=O)c2ccccc2)cc(C(C)(C)C)c1O. The Morgan fingerprint density at radius 1 is 0.926 bits per heavy atom. The average molecular weight is 389 g/mol. The Kier molecular flexibility index (Phi) is 5.71. The second-order valence-corrected chi connectivity index (χ2v) is 10.3. The van der Waals surface area contributed by atoms with Gasteiger partial charge in [0.25, 0.3) is 10.0 Å². The number of nitrogens with one attached hydrogen (secondary N) is 1. The standard InChI is InChI=1S/C21H28N2O3S/c1-20(2,3)17-12-15(13-18(19(17)24)21(4,5)6)14-22-23-27(25,26)16-10-8-7-9-11-16/h7-14,23-24H,1-6H3/b22-14-. The molecular formula is C21H28N2O3S. The molecule has 0 heterocycles. The molecule has 0 aromatic heterocycles. The van der Waals surface area contributed by atoms with Crippen LogP contribution < -0.4 is 4.83 Å². The Morgan fingerprint density at radius 2 is 1.41 bits per heavy atom. The third kappa shape index (κ3) is 5.10. The predicted octanol–water partition coefficient (Wildman–Crippen LogP) is 4.30. The highest BCUT2D eigenvalue weighted by atomic mass is 32.2. The molecule has 0 saturated heterocycles. The van der Waals surface area contributed by atoms with Gasteiger partial charge >= 0.3 is 0 Å². The van der Waals surface area contributed by atoms with Crippen molar-refractivity contribution in [1.29, 1.82) is 0 Å². The topological polar surface area (TPSA) is 78.8 Å². The summed E-state index contributed by atoms with van der Waals surface area (Å²) in [6.45, 7) is 12.1. The molecular weight excluding hydrogens is 360 g/mol. The van der Waals surface area contributed by atoms with Crippen LogP contribution in [-0.4, -0.2) is 19.7 Å². The predicted molar refractivity (Wildman–Crippen MR) is 110 cm³/mol. The molecule has 2 N–H and O–H groups in total. The molecule has 2 rings (SSSR count). The molecule has 5 nitrogen and oxygen atoms in total. The number of nitrogens with zero attached hydrogens (tertiary/aromatic N) is 1. The van der Waals surface area contributed by atoms with Crippen LogP contribution in [0.25, 0.3) is 0 Å². The van der Waals surface area contributed by atoms with Crippen molar-refractivity contribution >= 4 is 16.2 Å². The molecule has 2 aromatic rings. The Bertz CT molecular complexity index is 901. The van der Waals surface area contributed by atoms with E-state index in [4.69, 9.17) is 0 Å². The van der Waals surface area contributed by atoms with Crippen molar-refractivity contribution < 1.29 is 13.5 Å². The highest BCUT2D eigenvalue weighted by molar-refractivity contribution is 7.89. The van der Waals surface area contributed by atoms with Crippen molar-refractivity contribution in [3.05, 3.63) is 59.2 Å².